The van der Waals surface area contributed by atoms with Crippen molar-refractivity contribution in [1.82, 2.24) is 0 Å². The number of ether oxygens (including phenoxy) is 1. The van der Waals surface area contributed by atoms with E-state index >= 15 is 0 Å². The molecule has 0 fully saturated rings. The molecule has 104 valence electrons. The van der Waals surface area contributed by atoms with Gasteiger partial charge in [0.25, 0.3) is 5.91 Å². The van der Waals surface area contributed by atoms with E-state index in [1.807, 2.05) is 24.3 Å². The molecule has 0 spiro atoms. The van der Waals surface area contributed by atoms with Gasteiger partial charge < -0.3 is 15.8 Å². The minimum absolute atomic E-state index is 0.245. The summed E-state index contributed by atoms with van der Waals surface area (Å²) in [5.41, 5.74) is 6.89. The molecule has 0 saturated carbocycles. The molecule has 3 N–H and O–H groups in total. The molecule has 0 aromatic heterocycles. The van der Waals surface area contributed by atoms with Crippen molar-refractivity contribution in [2.45, 2.75) is 13.0 Å². The fourth-order valence-corrected chi connectivity index (χ4v) is 1.88. The van der Waals surface area contributed by atoms with Crippen molar-refractivity contribution >= 4 is 33.2 Å². The van der Waals surface area contributed by atoms with Gasteiger partial charge in [-0.15, -0.1) is 0 Å². The number of para-hydroxylation sites is 2. The minimum Gasteiger partial charge on any atom is -0.481 e. The number of benzene rings is 2. The molecule has 0 bridgehead atoms. The Labute approximate surface area is 126 Å². The maximum atomic E-state index is 12.0. The van der Waals surface area contributed by atoms with E-state index in [1.54, 1.807) is 31.2 Å². The molecule has 1 unspecified atom stereocenters. The molecule has 1 atom stereocenters. The van der Waals surface area contributed by atoms with Crippen LogP contribution < -0.4 is 15.8 Å². The number of halogens is 1. The van der Waals surface area contributed by atoms with Gasteiger partial charge in [-0.05, 0) is 43.3 Å². The first-order chi connectivity index (χ1) is 9.56. The van der Waals surface area contributed by atoms with Crippen LogP contribution in [-0.4, -0.2) is 12.0 Å². The number of hydrogen-bond donors (Lipinski definition) is 2. The summed E-state index contributed by atoms with van der Waals surface area (Å²) in [5.74, 6) is 0.391. The average Bonchev–Trinajstić information content (AvgIpc) is 2.44. The Balaban J connectivity index is 1.99. The van der Waals surface area contributed by atoms with Gasteiger partial charge in [-0.3, -0.25) is 4.79 Å². The van der Waals surface area contributed by atoms with Crippen molar-refractivity contribution in [1.29, 1.82) is 0 Å². The maximum absolute atomic E-state index is 12.0. The molecule has 1 amide bonds. The van der Waals surface area contributed by atoms with Gasteiger partial charge in [0, 0.05) is 4.47 Å². The van der Waals surface area contributed by atoms with Crippen molar-refractivity contribution in [3.8, 4) is 5.75 Å². The van der Waals surface area contributed by atoms with Crippen LogP contribution in [0.5, 0.6) is 5.75 Å². The predicted octanol–water partition coefficient (Wildman–Crippen LogP) is 3.44. The lowest BCUT2D eigenvalue weighted by atomic mass is 10.2. The van der Waals surface area contributed by atoms with Crippen molar-refractivity contribution in [2.75, 3.05) is 11.1 Å². The summed E-state index contributed by atoms with van der Waals surface area (Å²) >= 11 is 3.34. The highest BCUT2D eigenvalue weighted by Gasteiger charge is 2.15. The number of hydrogen-bond acceptors (Lipinski definition) is 3. The lowest BCUT2D eigenvalue weighted by molar-refractivity contribution is -0.122. The van der Waals surface area contributed by atoms with Gasteiger partial charge in [-0.25, -0.2) is 0 Å². The van der Waals surface area contributed by atoms with E-state index in [1.165, 1.54) is 0 Å². The lowest BCUT2D eigenvalue weighted by Gasteiger charge is -2.15. The summed E-state index contributed by atoms with van der Waals surface area (Å²) in [6.07, 6.45) is -0.615. The van der Waals surface area contributed by atoms with Crippen LogP contribution in [0.1, 0.15) is 6.92 Å². The Morgan fingerprint density at radius 2 is 1.85 bits per heavy atom. The normalized spacial score (nSPS) is 11.7. The van der Waals surface area contributed by atoms with E-state index in [0.717, 1.165) is 4.47 Å². The molecule has 5 heteroatoms. The standard InChI is InChI=1S/C15H15BrN2O2/c1-10(20-12-8-6-11(16)7-9-12)15(19)18-14-5-3-2-4-13(14)17/h2-10H,17H2,1H3,(H,18,19). The van der Waals surface area contributed by atoms with Crippen LogP contribution >= 0.6 is 15.9 Å². The molecule has 0 aliphatic rings. The fraction of sp³-hybridized carbons (Fsp3) is 0.133. The number of rotatable bonds is 4. The molecule has 2 aromatic carbocycles. The van der Waals surface area contributed by atoms with Gasteiger partial charge in [-0.1, -0.05) is 28.1 Å². The van der Waals surface area contributed by atoms with Crippen LogP contribution in [-0.2, 0) is 4.79 Å². The molecule has 0 aliphatic carbocycles. The number of carbonyl (C=O) groups is 1. The third-order valence-electron chi connectivity index (χ3n) is 2.71. The third kappa shape index (κ3) is 3.74. The average molecular weight is 335 g/mol. The van der Waals surface area contributed by atoms with E-state index in [-0.39, 0.29) is 5.91 Å². The second-order valence-electron chi connectivity index (χ2n) is 4.29. The molecule has 2 aromatic rings. The minimum atomic E-state index is -0.615. The van der Waals surface area contributed by atoms with Gasteiger partial charge in [-0.2, -0.15) is 0 Å². The van der Waals surface area contributed by atoms with Gasteiger partial charge in [0.2, 0.25) is 0 Å². The van der Waals surface area contributed by atoms with Crippen molar-refractivity contribution < 1.29 is 9.53 Å². The number of amides is 1. The number of nitrogens with one attached hydrogen (secondary N) is 1. The van der Waals surface area contributed by atoms with Gasteiger partial charge in [0.15, 0.2) is 6.10 Å². The molecule has 20 heavy (non-hydrogen) atoms. The Hall–Kier alpha value is -2.01. The predicted molar refractivity (Wildman–Crippen MR) is 83.7 cm³/mol. The number of nitrogens with two attached hydrogens (primary N) is 1. The first-order valence-electron chi connectivity index (χ1n) is 6.14. The number of nitrogen functional groups attached to an aromatic ring is 1. The Morgan fingerprint density at radius 3 is 2.50 bits per heavy atom. The Morgan fingerprint density at radius 1 is 1.20 bits per heavy atom. The molecule has 0 saturated heterocycles. The van der Waals surface area contributed by atoms with E-state index in [2.05, 4.69) is 21.2 Å². The zero-order valence-electron chi connectivity index (χ0n) is 11.0. The smallest absolute Gasteiger partial charge is 0.265 e. The largest absolute Gasteiger partial charge is 0.481 e. The van der Waals surface area contributed by atoms with Crippen LogP contribution in [0.2, 0.25) is 0 Å². The highest BCUT2D eigenvalue weighted by atomic mass is 79.9. The molecule has 2 rings (SSSR count). The molecule has 0 aliphatic heterocycles. The number of carbonyl (C=O) groups excluding carboxylic acids is 1. The monoisotopic (exact) mass is 334 g/mol. The first kappa shape index (κ1) is 14.4. The quantitative estimate of drug-likeness (QED) is 0.842. The van der Waals surface area contributed by atoms with Gasteiger partial charge in [0.1, 0.15) is 5.75 Å². The van der Waals surface area contributed by atoms with Crippen LogP contribution in [0.3, 0.4) is 0 Å². The first-order valence-corrected chi connectivity index (χ1v) is 6.93. The highest BCUT2D eigenvalue weighted by molar-refractivity contribution is 9.10. The van der Waals surface area contributed by atoms with Crippen molar-refractivity contribution in [3.05, 3.63) is 53.0 Å². The van der Waals surface area contributed by atoms with E-state index in [0.29, 0.717) is 17.1 Å². The van der Waals surface area contributed by atoms with Crippen LogP contribution in [0.4, 0.5) is 11.4 Å². The van der Waals surface area contributed by atoms with Gasteiger partial charge in [0.05, 0.1) is 11.4 Å². The summed E-state index contributed by atoms with van der Waals surface area (Å²) in [7, 11) is 0. The highest BCUT2D eigenvalue weighted by Crippen LogP contribution is 2.19. The SMILES string of the molecule is CC(Oc1ccc(Br)cc1)C(=O)Nc1ccccc1N. The third-order valence-corrected chi connectivity index (χ3v) is 3.24. The van der Waals surface area contributed by atoms with Gasteiger partial charge >= 0.3 is 0 Å². The number of anilines is 2. The molecular weight excluding hydrogens is 320 g/mol. The van der Waals surface area contributed by atoms with Crippen molar-refractivity contribution in [2.24, 2.45) is 0 Å². The second-order valence-corrected chi connectivity index (χ2v) is 5.21. The van der Waals surface area contributed by atoms with E-state index in [9.17, 15) is 4.79 Å². The topological polar surface area (TPSA) is 64.3 Å². The summed E-state index contributed by atoms with van der Waals surface area (Å²) in [5, 5.41) is 2.74. The molecule has 0 heterocycles. The van der Waals surface area contributed by atoms with Crippen LogP contribution in [0, 0.1) is 0 Å². The van der Waals surface area contributed by atoms with Crippen molar-refractivity contribution in [3.63, 3.8) is 0 Å². The Kier molecular flexibility index (Phi) is 4.63. The summed E-state index contributed by atoms with van der Waals surface area (Å²) in [4.78, 5) is 12.0. The lowest BCUT2D eigenvalue weighted by Crippen LogP contribution is -2.30. The molecular formula is C15H15BrN2O2. The zero-order chi connectivity index (χ0) is 14.5. The maximum Gasteiger partial charge on any atom is 0.265 e. The van der Waals surface area contributed by atoms with Crippen LogP contribution in [0.25, 0.3) is 0 Å². The summed E-state index contributed by atoms with van der Waals surface area (Å²) in [6.45, 7) is 1.69. The fourth-order valence-electron chi connectivity index (χ4n) is 1.62. The van der Waals surface area contributed by atoms with E-state index in [4.69, 9.17) is 10.5 Å². The summed E-state index contributed by atoms with van der Waals surface area (Å²) < 4.78 is 6.53. The second kappa shape index (κ2) is 6.43. The van der Waals surface area contributed by atoms with E-state index < -0.39 is 6.10 Å². The Bertz CT molecular complexity index is 599. The summed E-state index contributed by atoms with van der Waals surface area (Å²) in [6, 6.07) is 14.4. The zero-order valence-corrected chi connectivity index (χ0v) is 12.6. The molecule has 4 nitrogen and oxygen atoms in total. The van der Waals surface area contributed by atoms with Crippen LogP contribution in [0.15, 0.2) is 53.0 Å². The molecule has 0 radical (unpaired) electrons.